The van der Waals surface area contributed by atoms with Crippen molar-refractivity contribution in [3.63, 3.8) is 0 Å². The molecule has 5 heteroatoms. The minimum absolute atomic E-state index is 0.251. The Morgan fingerprint density at radius 1 is 1.59 bits per heavy atom. The van der Waals surface area contributed by atoms with Gasteiger partial charge in [-0.3, -0.25) is 4.98 Å². The number of ether oxygens (including phenoxy) is 1. The lowest BCUT2D eigenvalue weighted by Gasteiger charge is -2.17. The Morgan fingerprint density at radius 2 is 2.29 bits per heavy atom. The average molecular weight is 235 g/mol. The van der Waals surface area contributed by atoms with Gasteiger partial charge < -0.3 is 9.64 Å². The molecule has 1 saturated carbocycles. The van der Waals surface area contributed by atoms with Crippen LogP contribution in [-0.4, -0.2) is 36.6 Å². The first-order valence-electron chi connectivity index (χ1n) is 5.73. The van der Waals surface area contributed by atoms with Gasteiger partial charge >= 0.3 is 5.97 Å². The molecule has 17 heavy (non-hydrogen) atoms. The number of rotatable bonds is 4. The fourth-order valence-corrected chi connectivity index (χ4v) is 1.84. The minimum Gasteiger partial charge on any atom is -0.464 e. The fraction of sp³-hybridized carbons (Fsp3) is 0.583. The molecular weight excluding hydrogens is 218 g/mol. The first-order chi connectivity index (χ1) is 8.11. The highest BCUT2D eigenvalue weighted by molar-refractivity contribution is 5.87. The quantitative estimate of drug-likeness (QED) is 0.737. The number of nitrogens with zero attached hydrogens (tertiary/aromatic N) is 3. The van der Waals surface area contributed by atoms with Crippen LogP contribution in [0.2, 0.25) is 0 Å². The third-order valence-corrected chi connectivity index (χ3v) is 3.19. The Kier molecular flexibility index (Phi) is 3.26. The van der Waals surface area contributed by atoms with E-state index in [4.69, 9.17) is 0 Å². The van der Waals surface area contributed by atoms with Crippen LogP contribution in [0.4, 0.5) is 5.82 Å². The maximum Gasteiger partial charge on any atom is 0.358 e. The van der Waals surface area contributed by atoms with E-state index in [1.165, 1.54) is 19.7 Å². The molecule has 0 aromatic carbocycles. The molecule has 0 saturated heterocycles. The Labute approximate surface area is 101 Å². The second-order valence-corrected chi connectivity index (χ2v) is 4.61. The maximum atomic E-state index is 11.3. The number of methoxy groups -OCH3 is 1. The molecular formula is C12H17N3O2. The summed E-state index contributed by atoms with van der Waals surface area (Å²) in [5.41, 5.74) is 0.251. The number of carbonyl (C=O) groups is 1. The molecule has 0 aliphatic heterocycles. The number of hydrogen-bond acceptors (Lipinski definition) is 5. The van der Waals surface area contributed by atoms with Crippen LogP contribution in [0.25, 0.3) is 0 Å². The molecule has 0 amide bonds. The predicted octanol–water partition coefficient (Wildman–Crippen LogP) is 1.36. The lowest BCUT2D eigenvalue weighted by molar-refractivity contribution is 0.0593. The van der Waals surface area contributed by atoms with Gasteiger partial charge in [-0.1, -0.05) is 6.92 Å². The predicted molar refractivity (Wildman–Crippen MR) is 63.9 cm³/mol. The monoisotopic (exact) mass is 235 g/mol. The molecule has 1 aliphatic carbocycles. The molecule has 1 fully saturated rings. The summed E-state index contributed by atoms with van der Waals surface area (Å²) in [6.45, 7) is 3.20. The van der Waals surface area contributed by atoms with E-state index in [1.807, 2.05) is 11.9 Å². The zero-order chi connectivity index (χ0) is 12.4. The molecule has 92 valence electrons. The zero-order valence-electron chi connectivity index (χ0n) is 10.4. The largest absolute Gasteiger partial charge is 0.464 e. The Bertz CT molecular complexity index is 422. The van der Waals surface area contributed by atoms with Crippen LogP contribution in [0.1, 0.15) is 23.8 Å². The van der Waals surface area contributed by atoms with Gasteiger partial charge in [0, 0.05) is 13.6 Å². The highest BCUT2D eigenvalue weighted by Gasteiger charge is 2.33. The summed E-state index contributed by atoms with van der Waals surface area (Å²) in [5, 5.41) is 0. The number of esters is 1. The summed E-state index contributed by atoms with van der Waals surface area (Å²) in [6.07, 6.45) is 4.36. The van der Waals surface area contributed by atoms with Gasteiger partial charge in [-0.15, -0.1) is 0 Å². The molecule has 0 N–H and O–H groups in total. The molecule has 1 heterocycles. The first kappa shape index (κ1) is 11.8. The molecule has 1 aromatic rings. The van der Waals surface area contributed by atoms with Gasteiger partial charge in [-0.25, -0.2) is 9.78 Å². The van der Waals surface area contributed by atoms with E-state index in [2.05, 4.69) is 21.6 Å². The zero-order valence-corrected chi connectivity index (χ0v) is 10.4. The fourth-order valence-electron chi connectivity index (χ4n) is 1.84. The average Bonchev–Trinajstić information content (AvgIpc) is 3.04. The minimum atomic E-state index is -0.451. The molecule has 2 rings (SSSR count). The van der Waals surface area contributed by atoms with Gasteiger partial charge in [0.1, 0.15) is 5.82 Å². The third-order valence-electron chi connectivity index (χ3n) is 3.19. The Hall–Kier alpha value is -1.65. The van der Waals surface area contributed by atoms with E-state index >= 15 is 0 Å². The highest BCUT2D eigenvalue weighted by atomic mass is 16.5. The first-order valence-corrected chi connectivity index (χ1v) is 5.73. The van der Waals surface area contributed by atoms with E-state index in [-0.39, 0.29) is 5.69 Å². The molecule has 0 radical (unpaired) electrons. The van der Waals surface area contributed by atoms with Gasteiger partial charge in [0.2, 0.25) is 0 Å². The van der Waals surface area contributed by atoms with Gasteiger partial charge in [-0.05, 0) is 18.3 Å². The molecule has 2 atom stereocenters. The van der Waals surface area contributed by atoms with Crippen LogP contribution in [0, 0.1) is 11.8 Å². The summed E-state index contributed by atoms with van der Waals surface area (Å²) in [5.74, 6) is 1.80. The summed E-state index contributed by atoms with van der Waals surface area (Å²) < 4.78 is 4.62. The highest BCUT2D eigenvalue weighted by Crippen LogP contribution is 2.38. The van der Waals surface area contributed by atoms with Crippen molar-refractivity contribution in [1.82, 2.24) is 9.97 Å². The van der Waals surface area contributed by atoms with Crippen molar-refractivity contribution in [3.05, 3.63) is 18.1 Å². The molecule has 1 aliphatic rings. The van der Waals surface area contributed by atoms with Crippen molar-refractivity contribution in [2.24, 2.45) is 11.8 Å². The summed E-state index contributed by atoms with van der Waals surface area (Å²) in [4.78, 5) is 21.6. The number of carbonyl (C=O) groups excluding carboxylic acids is 1. The SMILES string of the molecule is COC(=O)c1cncc(N(C)CC2CC2C)n1. The number of hydrogen-bond donors (Lipinski definition) is 0. The van der Waals surface area contributed by atoms with Crippen LogP contribution in [0.5, 0.6) is 0 Å². The normalized spacial score (nSPS) is 22.1. The van der Waals surface area contributed by atoms with Crippen molar-refractivity contribution < 1.29 is 9.53 Å². The lowest BCUT2D eigenvalue weighted by Crippen LogP contribution is -2.22. The Balaban J connectivity index is 2.06. The van der Waals surface area contributed by atoms with E-state index in [9.17, 15) is 4.79 Å². The lowest BCUT2D eigenvalue weighted by atomic mass is 10.3. The van der Waals surface area contributed by atoms with Gasteiger partial charge in [-0.2, -0.15) is 0 Å². The van der Waals surface area contributed by atoms with Crippen LogP contribution in [0.15, 0.2) is 12.4 Å². The second-order valence-electron chi connectivity index (χ2n) is 4.61. The Morgan fingerprint density at radius 3 is 2.88 bits per heavy atom. The topological polar surface area (TPSA) is 55.3 Å². The van der Waals surface area contributed by atoms with Crippen molar-refractivity contribution >= 4 is 11.8 Å². The summed E-state index contributed by atoms with van der Waals surface area (Å²) in [7, 11) is 3.31. The second kappa shape index (κ2) is 4.69. The van der Waals surface area contributed by atoms with E-state index in [0.29, 0.717) is 5.82 Å². The smallest absolute Gasteiger partial charge is 0.358 e. The standard InChI is InChI=1S/C12H17N3O2/c1-8-4-9(8)7-15(2)11-6-13-5-10(14-11)12(16)17-3/h5-6,8-9H,4,7H2,1-3H3. The van der Waals surface area contributed by atoms with Crippen molar-refractivity contribution in [2.45, 2.75) is 13.3 Å². The van der Waals surface area contributed by atoms with Crippen molar-refractivity contribution in [3.8, 4) is 0 Å². The van der Waals surface area contributed by atoms with E-state index < -0.39 is 5.97 Å². The number of anilines is 1. The molecule has 2 unspecified atom stereocenters. The van der Waals surface area contributed by atoms with E-state index in [0.717, 1.165) is 18.4 Å². The molecule has 1 aromatic heterocycles. The van der Waals surface area contributed by atoms with Gasteiger partial charge in [0.25, 0.3) is 0 Å². The molecule has 0 bridgehead atoms. The third kappa shape index (κ3) is 2.72. The van der Waals surface area contributed by atoms with Crippen LogP contribution in [0.3, 0.4) is 0 Å². The summed E-state index contributed by atoms with van der Waals surface area (Å²) in [6, 6.07) is 0. The van der Waals surface area contributed by atoms with Gasteiger partial charge in [0.05, 0.1) is 19.5 Å². The summed E-state index contributed by atoms with van der Waals surface area (Å²) >= 11 is 0. The van der Waals surface area contributed by atoms with Gasteiger partial charge in [0.15, 0.2) is 5.69 Å². The van der Waals surface area contributed by atoms with Crippen molar-refractivity contribution in [2.75, 3.05) is 25.6 Å². The van der Waals surface area contributed by atoms with Crippen LogP contribution >= 0.6 is 0 Å². The maximum absolute atomic E-state index is 11.3. The van der Waals surface area contributed by atoms with E-state index in [1.54, 1.807) is 6.20 Å². The van der Waals surface area contributed by atoms with Crippen LogP contribution < -0.4 is 4.90 Å². The van der Waals surface area contributed by atoms with Crippen LogP contribution in [-0.2, 0) is 4.74 Å². The van der Waals surface area contributed by atoms with Crippen molar-refractivity contribution in [1.29, 1.82) is 0 Å². The molecule has 0 spiro atoms. The number of aromatic nitrogens is 2. The molecule has 5 nitrogen and oxygen atoms in total.